The first-order chi connectivity index (χ1) is 9.16. The van der Waals surface area contributed by atoms with E-state index < -0.39 is 0 Å². The van der Waals surface area contributed by atoms with Crippen molar-refractivity contribution in [1.29, 1.82) is 0 Å². The third-order valence-electron chi connectivity index (χ3n) is 3.29. The summed E-state index contributed by atoms with van der Waals surface area (Å²) in [6.07, 6.45) is 1.44. The largest absolute Gasteiger partial charge is 0.355 e. The standard InChI is InChI=1S/C14H17FN2O2/c15-12-4-2-1-3-10(12)7-8-16-14(19)11-5-6-13(18)17-9-11/h1-4,11H,5-9H2,(H,16,19)(H,17,18). The summed E-state index contributed by atoms with van der Waals surface area (Å²) in [7, 11) is 0. The molecule has 1 atom stereocenters. The quantitative estimate of drug-likeness (QED) is 0.852. The molecule has 1 aromatic carbocycles. The normalized spacial score (nSPS) is 18.8. The van der Waals surface area contributed by atoms with Gasteiger partial charge in [0.05, 0.1) is 5.92 Å². The average molecular weight is 264 g/mol. The topological polar surface area (TPSA) is 58.2 Å². The Morgan fingerprint density at radius 3 is 2.89 bits per heavy atom. The molecule has 102 valence electrons. The highest BCUT2D eigenvalue weighted by Gasteiger charge is 2.23. The molecule has 0 bridgehead atoms. The molecule has 0 spiro atoms. The number of nitrogens with one attached hydrogen (secondary N) is 2. The van der Waals surface area contributed by atoms with Crippen LogP contribution in [0.1, 0.15) is 18.4 Å². The SMILES string of the molecule is O=C1CCC(C(=O)NCCc2ccccc2F)CN1. The first-order valence-electron chi connectivity index (χ1n) is 6.44. The van der Waals surface area contributed by atoms with Gasteiger partial charge < -0.3 is 10.6 Å². The number of rotatable bonds is 4. The summed E-state index contributed by atoms with van der Waals surface area (Å²) in [4.78, 5) is 22.8. The lowest BCUT2D eigenvalue weighted by molar-refractivity contribution is -0.128. The predicted molar refractivity (Wildman–Crippen MR) is 68.8 cm³/mol. The van der Waals surface area contributed by atoms with Gasteiger partial charge in [0.15, 0.2) is 0 Å². The van der Waals surface area contributed by atoms with Crippen molar-refractivity contribution in [3.8, 4) is 0 Å². The number of halogens is 1. The van der Waals surface area contributed by atoms with Gasteiger partial charge in [0, 0.05) is 19.5 Å². The molecular weight excluding hydrogens is 247 g/mol. The molecule has 5 heteroatoms. The Morgan fingerprint density at radius 2 is 2.21 bits per heavy atom. The molecule has 0 saturated carbocycles. The van der Waals surface area contributed by atoms with Crippen molar-refractivity contribution in [3.05, 3.63) is 35.6 Å². The molecule has 1 saturated heterocycles. The first kappa shape index (κ1) is 13.5. The zero-order chi connectivity index (χ0) is 13.7. The van der Waals surface area contributed by atoms with Crippen LogP contribution in [0.15, 0.2) is 24.3 Å². The van der Waals surface area contributed by atoms with E-state index in [0.29, 0.717) is 37.9 Å². The Kier molecular flexibility index (Phi) is 4.49. The van der Waals surface area contributed by atoms with Gasteiger partial charge in [-0.2, -0.15) is 0 Å². The van der Waals surface area contributed by atoms with E-state index >= 15 is 0 Å². The molecule has 1 aliphatic rings. The lowest BCUT2D eigenvalue weighted by Gasteiger charge is -2.21. The second-order valence-corrected chi connectivity index (χ2v) is 4.67. The van der Waals surface area contributed by atoms with E-state index in [1.807, 2.05) is 0 Å². The average Bonchev–Trinajstić information content (AvgIpc) is 2.41. The van der Waals surface area contributed by atoms with Gasteiger partial charge in [0.25, 0.3) is 0 Å². The van der Waals surface area contributed by atoms with Crippen LogP contribution in [-0.2, 0) is 16.0 Å². The van der Waals surface area contributed by atoms with Crippen molar-refractivity contribution < 1.29 is 14.0 Å². The molecule has 19 heavy (non-hydrogen) atoms. The number of hydrogen-bond donors (Lipinski definition) is 2. The van der Waals surface area contributed by atoms with Gasteiger partial charge in [-0.15, -0.1) is 0 Å². The molecule has 1 fully saturated rings. The molecule has 1 heterocycles. The maximum atomic E-state index is 13.4. The number of carbonyl (C=O) groups is 2. The molecule has 0 aromatic heterocycles. The summed E-state index contributed by atoms with van der Waals surface area (Å²) < 4.78 is 13.4. The Bertz CT molecular complexity index is 466. The fourth-order valence-electron chi connectivity index (χ4n) is 2.12. The summed E-state index contributed by atoms with van der Waals surface area (Å²) in [6, 6.07) is 6.54. The summed E-state index contributed by atoms with van der Waals surface area (Å²) >= 11 is 0. The van der Waals surface area contributed by atoms with Crippen LogP contribution in [0.3, 0.4) is 0 Å². The fourth-order valence-corrected chi connectivity index (χ4v) is 2.12. The lowest BCUT2D eigenvalue weighted by Crippen LogP contribution is -2.43. The molecule has 1 aliphatic heterocycles. The van der Waals surface area contributed by atoms with E-state index in [2.05, 4.69) is 10.6 Å². The molecule has 0 aliphatic carbocycles. The van der Waals surface area contributed by atoms with Gasteiger partial charge in [-0.1, -0.05) is 18.2 Å². The monoisotopic (exact) mass is 264 g/mol. The van der Waals surface area contributed by atoms with E-state index in [-0.39, 0.29) is 23.5 Å². The van der Waals surface area contributed by atoms with Crippen molar-refractivity contribution in [2.75, 3.05) is 13.1 Å². The second-order valence-electron chi connectivity index (χ2n) is 4.67. The minimum Gasteiger partial charge on any atom is -0.355 e. The molecule has 1 aromatic rings. The van der Waals surface area contributed by atoms with Crippen molar-refractivity contribution in [2.24, 2.45) is 5.92 Å². The van der Waals surface area contributed by atoms with Gasteiger partial charge >= 0.3 is 0 Å². The lowest BCUT2D eigenvalue weighted by atomic mass is 9.98. The van der Waals surface area contributed by atoms with Gasteiger partial charge in [0.1, 0.15) is 5.82 Å². The summed E-state index contributed by atoms with van der Waals surface area (Å²) in [5, 5.41) is 5.46. The second kappa shape index (κ2) is 6.31. The van der Waals surface area contributed by atoms with E-state index in [1.165, 1.54) is 6.07 Å². The minimum absolute atomic E-state index is 0.00425. The third kappa shape index (κ3) is 3.77. The van der Waals surface area contributed by atoms with Crippen molar-refractivity contribution in [1.82, 2.24) is 10.6 Å². The third-order valence-corrected chi connectivity index (χ3v) is 3.29. The maximum absolute atomic E-state index is 13.4. The summed E-state index contributed by atoms with van der Waals surface area (Å²) in [6.45, 7) is 0.800. The molecule has 2 amide bonds. The maximum Gasteiger partial charge on any atom is 0.224 e. The van der Waals surface area contributed by atoms with E-state index in [9.17, 15) is 14.0 Å². The van der Waals surface area contributed by atoms with Crippen LogP contribution in [0.4, 0.5) is 4.39 Å². The van der Waals surface area contributed by atoms with Gasteiger partial charge in [-0.25, -0.2) is 4.39 Å². The van der Waals surface area contributed by atoms with Crippen LogP contribution in [0.5, 0.6) is 0 Å². The van der Waals surface area contributed by atoms with Crippen LogP contribution in [0.2, 0.25) is 0 Å². The smallest absolute Gasteiger partial charge is 0.224 e. The molecule has 2 rings (SSSR count). The Balaban J connectivity index is 1.75. The van der Waals surface area contributed by atoms with Crippen LogP contribution in [0, 0.1) is 11.7 Å². The highest BCUT2D eigenvalue weighted by Crippen LogP contribution is 2.11. The van der Waals surface area contributed by atoms with Crippen LogP contribution in [0.25, 0.3) is 0 Å². The van der Waals surface area contributed by atoms with Crippen LogP contribution < -0.4 is 10.6 Å². The summed E-state index contributed by atoms with van der Waals surface area (Å²) in [5.74, 6) is -0.494. The van der Waals surface area contributed by atoms with Crippen molar-refractivity contribution in [2.45, 2.75) is 19.3 Å². The van der Waals surface area contributed by atoms with Crippen LogP contribution in [-0.4, -0.2) is 24.9 Å². The Morgan fingerprint density at radius 1 is 1.42 bits per heavy atom. The number of piperidine rings is 1. The number of hydrogen-bond acceptors (Lipinski definition) is 2. The Labute approximate surface area is 111 Å². The van der Waals surface area contributed by atoms with E-state index in [4.69, 9.17) is 0 Å². The first-order valence-corrected chi connectivity index (χ1v) is 6.44. The Hall–Kier alpha value is -1.91. The zero-order valence-electron chi connectivity index (χ0n) is 10.6. The summed E-state index contributed by atoms with van der Waals surface area (Å²) in [5.41, 5.74) is 0.597. The van der Waals surface area contributed by atoms with Crippen LogP contribution >= 0.6 is 0 Å². The highest BCUT2D eigenvalue weighted by atomic mass is 19.1. The van der Waals surface area contributed by atoms with Crippen molar-refractivity contribution >= 4 is 11.8 Å². The molecule has 1 unspecified atom stereocenters. The molecule has 2 N–H and O–H groups in total. The minimum atomic E-state index is -0.248. The van der Waals surface area contributed by atoms with Gasteiger partial charge in [-0.3, -0.25) is 9.59 Å². The molecule has 4 nitrogen and oxygen atoms in total. The highest BCUT2D eigenvalue weighted by molar-refractivity contribution is 5.83. The fraction of sp³-hybridized carbons (Fsp3) is 0.429. The van der Waals surface area contributed by atoms with Gasteiger partial charge in [-0.05, 0) is 24.5 Å². The molecule has 0 radical (unpaired) electrons. The number of benzene rings is 1. The zero-order valence-corrected chi connectivity index (χ0v) is 10.6. The van der Waals surface area contributed by atoms with E-state index in [1.54, 1.807) is 18.2 Å². The predicted octanol–water partition coefficient (Wildman–Crippen LogP) is 1.01. The van der Waals surface area contributed by atoms with Crippen molar-refractivity contribution in [3.63, 3.8) is 0 Å². The number of amides is 2. The van der Waals surface area contributed by atoms with Gasteiger partial charge in [0.2, 0.25) is 11.8 Å². The van der Waals surface area contributed by atoms with E-state index in [0.717, 1.165) is 0 Å². The molecular formula is C14H17FN2O2. The number of carbonyl (C=O) groups excluding carboxylic acids is 2.